The van der Waals surface area contributed by atoms with Crippen LogP contribution in [0.25, 0.3) is 11.0 Å². The minimum absolute atomic E-state index is 0.144. The molecule has 5 rings (SSSR count). The minimum atomic E-state index is -3.72. The highest BCUT2D eigenvalue weighted by Crippen LogP contribution is 2.33. The summed E-state index contributed by atoms with van der Waals surface area (Å²) in [4.78, 5) is 14.6. The summed E-state index contributed by atoms with van der Waals surface area (Å²) in [5.74, 6) is 0.997. The van der Waals surface area contributed by atoms with E-state index in [1.165, 1.54) is 4.31 Å². The number of ether oxygens (including phenoxy) is 2. The van der Waals surface area contributed by atoms with Crippen molar-refractivity contribution in [3.05, 3.63) is 42.0 Å². The number of sulfonamides is 1. The predicted molar refractivity (Wildman–Crippen MR) is 105 cm³/mol. The van der Waals surface area contributed by atoms with E-state index in [9.17, 15) is 13.2 Å². The highest BCUT2D eigenvalue weighted by Gasteiger charge is 2.32. The molecule has 2 aliphatic heterocycles. The first kappa shape index (κ1) is 18.3. The van der Waals surface area contributed by atoms with Gasteiger partial charge in [0.2, 0.25) is 16.8 Å². The van der Waals surface area contributed by atoms with Gasteiger partial charge in [0.1, 0.15) is 15.9 Å². The topological polar surface area (TPSA) is 102 Å². The van der Waals surface area contributed by atoms with Crippen LogP contribution in [0.2, 0.25) is 0 Å². The van der Waals surface area contributed by atoms with Crippen molar-refractivity contribution in [1.29, 1.82) is 0 Å². The Hall–Kier alpha value is -2.76. The van der Waals surface area contributed by atoms with Crippen molar-refractivity contribution in [2.75, 3.05) is 33.0 Å². The summed E-state index contributed by atoms with van der Waals surface area (Å²) in [5.41, 5.74) is 1.44. The number of amides is 1. The van der Waals surface area contributed by atoms with Crippen molar-refractivity contribution in [2.24, 2.45) is 0 Å². The highest BCUT2D eigenvalue weighted by molar-refractivity contribution is 7.89. The van der Waals surface area contributed by atoms with Crippen LogP contribution in [-0.2, 0) is 10.0 Å². The molecule has 11 heteroatoms. The Morgan fingerprint density at radius 2 is 1.79 bits per heavy atom. The van der Waals surface area contributed by atoms with Crippen molar-refractivity contribution < 1.29 is 22.7 Å². The quantitative estimate of drug-likeness (QED) is 0.619. The molecule has 1 amide bonds. The van der Waals surface area contributed by atoms with Gasteiger partial charge in [-0.25, -0.2) is 8.42 Å². The Kier molecular flexibility index (Phi) is 4.37. The Morgan fingerprint density at radius 3 is 2.62 bits per heavy atom. The molecule has 0 saturated carbocycles. The Bertz CT molecular complexity index is 1200. The van der Waals surface area contributed by atoms with Crippen molar-refractivity contribution in [3.63, 3.8) is 0 Å². The largest absolute Gasteiger partial charge is 0.454 e. The SMILES string of the molecule is O=C(c1ccc2c(c1)OCO2)N1CCN(S(=O)(=O)c2cccc3nsnc23)CC1. The summed E-state index contributed by atoms with van der Waals surface area (Å²) >= 11 is 0.985. The van der Waals surface area contributed by atoms with Crippen LogP contribution in [0, 0.1) is 0 Å². The fourth-order valence-electron chi connectivity index (χ4n) is 3.47. The molecule has 3 aromatic rings. The first-order valence-electron chi connectivity index (χ1n) is 8.94. The predicted octanol–water partition coefficient (Wildman–Crippen LogP) is 1.57. The van der Waals surface area contributed by atoms with Gasteiger partial charge < -0.3 is 14.4 Å². The number of rotatable bonds is 3. The van der Waals surface area contributed by atoms with E-state index in [1.54, 1.807) is 41.3 Å². The van der Waals surface area contributed by atoms with Crippen LogP contribution in [0.1, 0.15) is 10.4 Å². The summed E-state index contributed by atoms with van der Waals surface area (Å²) < 4.78 is 46.4. The normalized spacial score (nSPS) is 17.0. The Morgan fingerprint density at radius 1 is 1.00 bits per heavy atom. The minimum Gasteiger partial charge on any atom is -0.454 e. The maximum Gasteiger partial charge on any atom is 0.254 e. The van der Waals surface area contributed by atoms with Crippen LogP contribution in [-0.4, -0.2) is 65.2 Å². The second-order valence-electron chi connectivity index (χ2n) is 6.65. The highest BCUT2D eigenvalue weighted by atomic mass is 32.2. The summed E-state index contributed by atoms with van der Waals surface area (Å²) in [5, 5.41) is 0. The van der Waals surface area contributed by atoms with Gasteiger partial charge in [-0.1, -0.05) is 6.07 Å². The lowest BCUT2D eigenvalue weighted by molar-refractivity contribution is 0.0697. The van der Waals surface area contributed by atoms with Gasteiger partial charge in [0.25, 0.3) is 5.91 Å². The van der Waals surface area contributed by atoms with Crippen LogP contribution >= 0.6 is 11.7 Å². The third kappa shape index (κ3) is 3.11. The van der Waals surface area contributed by atoms with Gasteiger partial charge in [-0.3, -0.25) is 4.79 Å². The first-order valence-corrected chi connectivity index (χ1v) is 11.1. The molecular formula is C18H16N4O5S2. The lowest BCUT2D eigenvalue weighted by Gasteiger charge is -2.34. The first-order chi connectivity index (χ1) is 14.0. The molecule has 0 N–H and O–H groups in total. The van der Waals surface area contributed by atoms with Gasteiger partial charge in [-0.15, -0.1) is 0 Å². The zero-order valence-electron chi connectivity index (χ0n) is 15.1. The monoisotopic (exact) mass is 432 g/mol. The Labute approximate surface area is 170 Å². The molecular weight excluding hydrogens is 416 g/mol. The number of carbonyl (C=O) groups is 1. The molecule has 2 aliphatic rings. The molecule has 3 heterocycles. The van der Waals surface area contributed by atoms with Gasteiger partial charge in [0.05, 0.1) is 11.7 Å². The average molecular weight is 432 g/mol. The van der Waals surface area contributed by atoms with E-state index in [1.807, 2.05) is 0 Å². The molecule has 1 fully saturated rings. The summed E-state index contributed by atoms with van der Waals surface area (Å²) in [6.07, 6.45) is 0. The van der Waals surface area contributed by atoms with Crippen molar-refractivity contribution in [1.82, 2.24) is 18.0 Å². The fourth-order valence-corrected chi connectivity index (χ4v) is 5.65. The zero-order valence-corrected chi connectivity index (χ0v) is 16.8. The smallest absolute Gasteiger partial charge is 0.254 e. The van der Waals surface area contributed by atoms with Crippen molar-refractivity contribution in [3.8, 4) is 11.5 Å². The van der Waals surface area contributed by atoms with Crippen LogP contribution in [0.3, 0.4) is 0 Å². The standard InChI is InChI=1S/C18H16N4O5S2/c23-18(12-4-5-14-15(10-12)27-11-26-14)21-6-8-22(9-7-21)29(24,25)16-3-1-2-13-17(16)20-28-19-13/h1-5,10H,6-9,11H2. The molecule has 0 unspecified atom stereocenters. The van der Waals surface area contributed by atoms with Gasteiger partial charge in [0, 0.05) is 31.7 Å². The summed E-state index contributed by atoms with van der Waals surface area (Å²) in [6.45, 7) is 1.18. The van der Waals surface area contributed by atoms with E-state index >= 15 is 0 Å². The van der Waals surface area contributed by atoms with E-state index < -0.39 is 10.0 Å². The average Bonchev–Trinajstić information content (AvgIpc) is 3.41. The van der Waals surface area contributed by atoms with Gasteiger partial charge in [-0.2, -0.15) is 13.1 Å². The number of hydrogen-bond acceptors (Lipinski definition) is 8. The molecule has 29 heavy (non-hydrogen) atoms. The third-order valence-electron chi connectivity index (χ3n) is 5.01. The molecule has 0 aliphatic carbocycles. The van der Waals surface area contributed by atoms with E-state index in [4.69, 9.17) is 9.47 Å². The number of aromatic nitrogens is 2. The summed E-state index contributed by atoms with van der Waals surface area (Å²) in [7, 11) is -3.72. The second-order valence-corrected chi connectivity index (χ2v) is 9.09. The lowest BCUT2D eigenvalue weighted by atomic mass is 10.1. The van der Waals surface area contributed by atoms with E-state index in [2.05, 4.69) is 8.75 Å². The lowest BCUT2D eigenvalue weighted by Crippen LogP contribution is -2.50. The molecule has 150 valence electrons. The van der Waals surface area contributed by atoms with Gasteiger partial charge >= 0.3 is 0 Å². The molecule has 1 saturated heterocycles. The zero-order chi connectivity index (χ0) is 20.0. The van der Waals surface area contributed by atoms with E-state index in [0.29, 0.717) is 41.2 Å². The van der Waals surface area contributed by atoms with E-state index in [0.717, 1.165) is 11.7 Å². The molecule has 0 atom stereocenters. The molecule has 9 nitrogen and oxygen atoms in total. The summed E-state index contributed by atoms with van der Waals surface area (Å²) in [6, 6.07) is 10.00. The van der Waals surface area contributed by atoms with Crippen LogP contribution < -0.4 is 9.47 Å². The van der Waals surface area contributed by atoms with Gasteiger partial charge in [0.15, 0.2) is 11.5 Å². The molecule has 0 bridgehead atoms. The molecule has 1 aromatic heterocycles. The number of piperazine rings is 1. The number of fused-ring (bicyclic) bond motifs is 2. The Balaban J connectivity index is 1.32. The molecule has 0 spiro atoms. The van der Waals surface area contributed by atoms with Crippen LogP contribution in [0.15, 0.2) is 41.3 Å². The van der Waals surface area contributed by atoms with Crippen molar-refractivity contribution >= 4 is 38.7 Å². The second kappa shape index (κ2) is 6.94. The van der Waals surface area contributed by atoms with E-state index in [-0.39, 0.29) is 30.7 Å². The fraction of sp³-hybridized carbons (Fsp3) is 0.278. The number of hydrogen-bond donors (Lipinski definition) is 0. The number of carbonyl (C=O) groups excluding carboxylic acids is 1. The van der Waals surface area contributed by atoms with Crippen LogP contribution in [0.4, 0.5) is 0 Å². The third-order valence-corrected chi connectivity index (χ3v) is 7.48. The maximum atomic E-state index is 13.1. The number of nitrogens with zero attached hydrogens (tertiary/aromatic N) is 4. The van der Waals surface area contributed by atoms with Crippen LogP contribution in [0.5, 0.6) is 11.5 Å². The van der Waals surface area contributed by atoms with Crippen molar-refractivity contribution in [2.45, 2.75) is 4.90 Å². The number of benzene rings is 2. The molecule has 2 aromatic carbocycles. The maximum absolute atomic E-state index is 13.1. The van der Waals surface area contributed by atoms with Gasteiger partial charge in [-0.05, 0) is 30.3 Å². The molecule has 0 radical (unpaired) electrons.